The largest absolute Gasteiger partial charge is 0.479 e. The van der Waals surface area contributed by atoms with Crippen molar-refractivity contribution in [3.05, 3.63) is 76.7 Å². The molecule has 0 aliphatic carbocycles. The number of carbonyl (C=O) groups excluding carboxylic acids is 2. The third-order valence-electron chi connectivity index (χ3n) is 4.85. The highest BCUT2D eigenvalue weighted by molar-refractivity contribution is 5.95. The van der Waals surface area contributed by atoms with E-state index in [1.165, 1.54) is 11.6 Å². The Labute approximate surface area is 180 Å². The van der Waals surface area contributed by atoms with Crippen LogP contribution in [0.4, 0.5) is 5.69 Å². The van der Waals surface area contributed by atoms with Crippen molar-refractivity contribution < 1.29 is 19.1 Å². The molecule has 162 valence electrons. The number of benzene rings is 2. The molecular weight excluding hydrogens is 398 g/mol. The molecule has 8 nitrogen and oxygen atoms in total. The van der Waals surface area contributed by atoms with Crippen molar-refractivity contribution in [1.82, 2.24) is 9.36 Å². The highest BCUT2D eigenvalue weighted by Gasteiger charge is 2.25. The van der Waals surface area contributed by atoms with Crippen molar-refractivity contribution in [3.63, 3.8) is 0 Å². The maximum absolute atomic E-state index is 12.9. The third kappa shape index (κ3) is 4.85. The van der Waals surface area contributed by atoms with Crippen LogP contribution in [0.25, 0.3) is 5.69 Å². The molecule has 0 saturated heterocycles. The lowest BCUT2D eigenvalue weighted by atomic mass is 10.3. The minimum Gasteiger partial charge on any atom is -0.479 e. The minimum absolute atomic E-state index is 0.132. The Morgan fingerprint density at radius 3 is 2.13 bits per heavy atom. The molecule has 0 bridgehead atoms. The van der Waals surface area contributed by atoms with E-state index in [-0.39, 0.29) is 11.2 Å². The number of amides is 1. The summed E-state index contributed by atoms with van der Waals surface area (Å²) in [5, 5.41) is 2.59. The highest BCUT2D eigenvalue weighted by Crippen LogP contribution is 2.15. The van der Waals surface area contributed by atoms with Crippen LogP contribution in [0.1, 0.15) is 19.5 Å². The standard InChI is InChI=1S/C23H25N3O5/c1-15-20(22(28)26(25(15)4)18-11-7-5-8-12-18)24-21(27)16(2)31-23(29)17(3)30-19-13-9-6-10-14-19/h5-14,16-17H,1-4H3,(H,24,27)/t16-,17+/m0/s1. The van der Waals surface area contributed by atoms with E-state index in [2.05, 4.69) is 5.32 Å². The Balaban J connectivity index is 1.69. The number of esters is 1. The van der Waals surface area contributed by atoms with Gasteiger partial charge in [0.1, 0.15) is 11.4 Å². The van der Waals surface area contributed by atoms with Gasteiger partial charge in [0.15, 0.2) is 12.2 Å². The molecule has 0 spiro atoms. The van der Waals surface area contributed by atoms with Gasteiger partial charge in [0.2, 0.25) is 0 Å². The fourth-order valence-corrected chi connectivity index (χ4v) is 3.01. The van der Waals surface area contributed by atoms with Gasteiger partial charge in [0, 0.05) is 7.05 Å². The fraction of sp³-hybridized carbons (Fsp3) is 0.261. The van der Waals surface area contributed by atoms with Crippen LogP contribution in [0, 0.1) is 6.92 Å². The van der Waals surface area contributed by atoms with Crippen LogP contribution in [-0.2, 0) is 21.4 Å². The molecule has 1 N–H and O–H groups in total. The van der Waals surface area contributed by atoms with Crippen LogP contribution in [0.5, 0.6) is 5.75 Å². The maximum atomic E-state index is 12.9. The fourth-order valence-electron chi connectivity index (χ4n) is 3.01. The lowest BCUT2D eigenvalue weighted by molar-refractivity contribution is -0.159. The predicted octanol–water partition coefficient (Wildman–Crippen LogP) is 2.82. The number of ether oxygens (including phenoxy) is 2. The molecular formula is C23H25N3O5. The average molecular weight is 423 g/mol. The third-order valence-corrected chi connectivity index (χ3v) is 4.85. The van der Waals surface area contributed by atoms with Gasteiger partial charge < -0.3 is 14.8 Å². The first-order chi connectivity index (χ1) is 14.8. The first kappa shape index (κ1) is 21.9. The molecule has 3 rings (SSSR count). The number of aromatic nitrogens is 2. The van der Waals surface area contributed by atoms with E-state index in [0.717, 1.165) is 0 Å². The Kier molecular flexibility index (Phi) is 6.59. The Morgan fingerprint density at radius 2 is 1.52 bits per heavy atom. The summed E-state index contributed by atoms with van der Waals surface area (Å²) in [6.07, 6.45) is -2.01. The summed E-state index contributed by atoms with van der Waals surface area (Å²) in [5.74, 6) is -0.769. The van der Waals surface area contributed by atoms with Crippen LogP contribution in [0.15, 0.2) is 65.5 Å². The average Bonchev–Trinajstić information content (AvgIpc) is 2.98. The normalized spacial score (nSPS) is 12.6. The van der Waals surface area contributed by atoms with Crippen LogP contribution < -0.4 is 15.6 Å². The summed E-state index contributed by atoms with van der Waals surface area (Å²) in [6.45, 7) is 4.71. The lowest BCUT2D eigenvalue weighted by Gasteiger charge is -2.17. The quantitative estimate of drug-likeness (QED) is 0.590. The van der Waals surface area contributed by atoms with Gasteiger partial charge in [-0.3, -0.25) is 14.3 Å². The van der Waals surface area contributed by atoms with Crippen molar-refractivity contribution in [1.29, 1.82) is 0 Å². The van der Waals surface area contributed by atoms with Gasteiger partial charge in [-0.15, -0.1) is 0 Å². The number of nitrogens with zero attached hydrogens (tertiary/aromatic N) is 2. The topological polar surface area (TPSA) is 91.6 Å². The molecule has 1 heterocycles. The molecule has 3 aromatic rings. The molecule has 8 heteroatoms. The number of hydrogen-bond acceptors (Lipinski definition) is 5. The molecule has 0 aliphatic heterocycles. The zero-order chi connectivity index (χ0) is 22.5. The van der Waals surface area contributed by atoms with Crippen molar-refractivity contribution in [3.8, 4) is 11.4 Å². The molecule has 1 amide bonds. The van der Waals surface area contributed by atoms with Crippen molar-refractivity contribution in [2.75, 3.05) is 5.32 Å². The number of rotatable bonds is 7. The Hall–Kier alpha value is -3.81. The van der Waals surface area contributed by atoms with E-state index < -0.39 is 24.1 Å². The zero-order valence-corrected chi connectivity index (χ0v) is 17.9. The smallest absolute Gasteiger partial charge is 0.347 e. The second-order valence-corrected chi connectivity index (χ2v) is 7.08. The molecule has 0 aliphatic rings. The van der Waals surface area contributed by atoms with Gasteiger partial charge in [-0.1, -0.05) is 36.4 Å². The predicted molar refractivity (Wildman–Crippen MR) is 116 cm³/mol. The van der Waals surface area contributed by atoms with Gasteiger partial charge in [-0.25, -0.2) is 9.48 Å². The summed E-state index contributed by atoms with van der Waals surface area (Å²) in [7, 11) is 1.73. The van der Waals surface area contributed by atoms with Crippen molar-refractivity contribution in [2.45, 2.75) is 33.0 Å². The summed E-state index contributed by atoms with van der Waals surface area (Å²) >= 11 is 0. The molecule has 31 heavy (non-hydrogen) atoms. The first-order valence-electron chi connectivity index (χ1n) is 9.86. The van der Waals surface area contributed by atoms with E-state index >= 15 is 0 Å². The molecule has 2 aromatic carbocycles. The molecule has 0 saturated carbocycles. The zero-order valence-electron chi connectivity index (χ0n) is 17.9. The second-order valence-electron chi connectivity index (χ2n) is 7.08. The minimum atomic E-state index is -1.11. The van der Waals surface area contributed by atoms with Crippen LogP contribution in [0.3, 0.4) is 0 Å². The lowest BCUT2D eigenvalue weighted by Crippen LogP contribution is -2.36. The second kappa shape index (κ2) is 9.34. The number of nitrogens with one attached hydrogen (secondary N) is 1. The van der Waals surface area contributed by atoms with Gasteiger partial charge >= 0.3 is 5.97 Å². The van der Waals surface area contributed by atoms with Gasteiger partial charge in [-0.2, -0.15) is 0 Å². The number of anilines is 1. The number of para-hydroxylation sites is 2. The van der Waals surface area contributed by atoms with E-state index in [1.807, 2.05) is 24.3 Å². The van der Waals surface area contributed by atoms with Crippen molar-refractivity contribution >= 4 is 17.6 Å². The summed E-state index contributed by atoms with van der Waals surface area (Å²) in [6, 6.07) is 17.9. The number of hydrogen-bond donors (Lipinski definition) is 1. The van der Waals surface area contributed by atoms with Crippen molar-refractivity contribution in [2.24, 2.45) is 7.05 Å². The van der Waals surface area contributed by atoms with Gasteiger partial charge in [0.25, 0.3) is 11.5 Å². The van der Waals surface area contributed by atoms with E-state index in [4.69, 9.17) is 9.47 Å². The molecule has 0 radical (unpaired) electrons. The molecule has 0 unspecified atom stereocenters. The van der Waals surface area contributed by atoms with E-state index in [9.17, 15) is 14.4 Å². The summed E-state index contributed by atoms with van der Waals surface area (Å²) in [4.78, 5) is 37.8. The monoisotopic (exact) mass is 423 g/mol. The maximum Gasteiger partial charge on any atom is 0.347 e. The first-order valence-corrected chi connectivity index (χ1v) is 9.86. The van der Waals surface area contributed by atoms with E-state index in [0.29, 0.717) is 17.1 Å². The van der Waals surface area contributed by atoms with E-state index in [1.54, 1.807) is 62.0 Å². The Morgan fingerprint density at radius 1 is 0.935 bits per heavy atom. The number of carbonyl (C=O) groups is 2. The molecule has 2 atom stereocenters. The van der Waals surface area contributed by atoms with Crippen LogP contribution >= 0.6 is 0 Å². The summed E-state index contributed by atoms with van der Waals surface area (Å²) < 4.78 is 13.9. The van der Waals surface area contributed by atoms with Gasteiger partial charge in [0.05, 0.1) is 11.4 Å². The molecule has 1 aromatic heterocycles. The molecule has 0 fully saturated rings. The summed E-state index contributed by atoms with van der Waals surface area (Å²) in [5.41, 5.74) is 0.998. The van der Waals surface area contributed by atoms with Crippen LogP contribution in [0.2, 0.25) is 0 Å². The van der Waals surface area contributed by atoms with Crippen LogP contribution in [-0.4, -0.2) is 33.4 Å². The van der Waals surface area contributed by atoms with Gasteiger partial charge in [-0.05, 0) is 45.0 Å². The Bertz CT molecular complexity index is 1120. The SMILES string of the molecule is Cc1c(NC(=O)[C@H](C)OC(=O)[C@@H](C)Oc2ccccc2)c(=O)n(-c2ccccc2)n1C. The highest BCUT2D eigenvalue weighted by atomic mass is 16.6.